The molecular formula is C58H40N4. The third-order valence-electron chi connectivity index (χ3n) is 12.2. The van der Waals surface area contributed by atoms with E-state index >= 15 is 0 Å². The molecule has 12 rings (SSSR count). The number of fused-ring (bicyclic) bond motifs is 5. The summed E-state index contributed by atoms with van der Waals surface area (Å²) in [7, 11) is 0. The number of aromatic nitrogens is 1. The first-order valence-electron chi connectivity index (χ1n) is 21.2. The zero-order chi connectivity index (χ0) is 41.0. The Morgan fingerprint density at radius 1 is 0.258 bits per heavy atom. The third kappa shape index (κ3) is 5.76. The highest BCUT2D eigenvalue weighted by molar-refractivity contribution is 6.30. The Balaban J connectivity index is 1.21. The number of nitrogens with zero attached hydrogens (tertiary/aromatic N) is 4. The largest absolute Gasteiger partial charge is 0.310 e. The lowest BCUT2D eigenvalue weighted by molar-refractivity contribution is 1.23. The fourth-order valence-corrected chi connectivity index (χ4v) is 9.64. The summed E-state index contributed by atoms with van der Waals surface area (Å²) in [5.74, 6) is 0. The summed E-state index contributed by atoms with van der Waals surface area (Å²) in [6.45, 7) is 0. The average molecular weight is 793 g/mol. The summed E-state index contributed by atoms with van der Waals surface area (Å²) in [5.41, 5.74) is 13.2. The van der Waals surface area contributed by atoms with Gasteiger partial charge in [-0.25, -0.2) is 0 Å². The maximum atomic E-state index is 2.49. The van der Waals surface area contributed by atoms with Crippen molar-refractivity contribution in [2.24, 2.45) is 0 Å². The third-order valence-corrected chi connectivity index (χ3v) is 12.2. The van der Waals surface area contributed by atoms with Crippen LogP contribution in [0.1, 0.15) is 0 Å². The van der Waals surface area contributed by atoms with Crippen molar-refractivity contribution in [3.63, 3.8) is 0 Å². The molecule has 292 valence electrons. The van der Waals surface area contributed by atoms with Crippen molar-refractivity contribution >= 4 is 100 Å². The lowest BCUT2D eigenvalue weighted by Gasteiger charge is -2.33. The van der Waals surface area contributed by atoms with Crippen molar-refractivity contribution < 1.29 is 0 Å². The van der Waals surface area contributed by atoms with Gasteiger partial charge in [-0.15, -0.1) is 0 Å². The number of rotatable bonds is 9. The molecule has 12 aromatic rings. The van der Waals surface area contributed by atoms with E-state index in [1.54, 1.807) is 0 Å². The fraction of sp³-hybridized carbons (Fsp3) is 0. The van der Waals surface area contributed by atoms with E-state index in [0.717, 1.165) is 51.2 Å². The highest BCUT2D eigenvalue weighted by Crippen LogP contribution is 2.50. The predicted molar refractivity (Wildman–Crippen MR) is 263 cm³/mol. The van der Waals surface area contributed by atoms with E-state index < -0.39 is 0 Å². The number of pyridine rings is 1. The molecule has 2 heterocycles. The van der Waals surface area contributed by atoms with E-state index in [-0.39, 0.29) is 0 Å². The van der Waals surface area contributed by atoms with Crippen LogP contribution < -0.4 is 14.7 Å². The van der Waals surface area contributed by atoms with E-state index in [0.29, 0.717) is 0 Å². The summed E-state index contributed by atoms with van der Waals surface area (Å²) in [5, 5.41) is 7.42. The minimum Gasteiger partial charge on any atom is -0.310 e. The Bertz CT molecular complexity index is 3330. The minimum atomic E-state index is 1.03. The van der Waals surface area contributed by atoms with Crippen molar-refractivity contribution in [2.45, 2.75) is 0 Å². The van der Waals surface area contributed by atoms with Gasteiger partial charge in [0.2, 0.25) is 0 Å². The summed E-state index contributed by atoms with van der Waals surface area (Å²) in [6.07, 6.45) is 0. The van der Waals surface area contributed by atoms with Gasteiger partial charge in [-0.3, -0.25) is 0 Å². The number of hydrogen-bond acceptors (Lipinski definition) is 3. The lowest BCUT2D eigenvalue weighted by atomic mass is 9.96. The molecule has 0 aliphatic heterocycles. The number of hydrogen-bond donors (Lipinski definition) is 0. The van der Waals surface area contributed by atoms with Crippen molar-refractivity contribution in [2.75, 3.05) is 14.7 Å². The molecule has 0 spiro atoms. The second kappa shape index (κ2) is 14.7. The summed E-state index contributed by atoms with van der Waals surface area (Å²) < 4.78 is 2.49. The van der Waals surface area contributed by atoms with Crippen LogP contribution >= 0.6 is 0 Å². The van der Waals surface area contributed by atoms with E-state index in [1.165, 1.54) is 48.9 Å². The minimum absolute atomic E-state index is 1.03. The van der Waals surface area contributed by atoms with Crippen molar-refractivity contribution in [3.05, 3.63) is 243 Å². The molecule has 0 saturated carbocycles. The first kappa shape index (κ1) is 35.6. The van der Waals surface area contributed by atoms with Gasteiger partial charge in [0.1, 0.15) is 0 Å². The Hall–Kier alpha value is -8.34. The van der Waals surface area contributed by atoms with Gasteiger partial charge in [-0.1, -0.05) is 146 Å². The molecular weight excluding hydrogens is 753 g/mol. The van der Waals surface area contributed by atoms with Crippen LogP contribution in [0.2, 0.25) is 0 Å². The van der Waals surface area contributed by atoms with Gasteiger partial charge in [-0.05, 0) is 102 Å². The quantitative estimate of drug-likeness (QED) is 0.107. The molecule has 0 saturated heterocycles. The van der Waals surface area contributed by atoms with Crippen LogP contribution in [0, 0.1) is 0 Å². The Labute approximate surface area is 360 Å². The molecule has 0 atom stereocenters. The molecule has 0 bridgehead atoms. The number of para-hydroxylation sites is 7. The van der Waals surface area contributed by atoms with Crippen LogP contribution in [0.3, 0.4) is 0 Å². The Morgan fingerprint density at radius 3 is 1.19 bits per heavy atom. The van der Waals surface area contributed by atoms with Gasteiger partial charge in [0, 0.05) is 55.4 Å². The summed E-state index contributed by atoms with van der Waals surface area (Å²) in [6, 6.07) is 87.7. The molecule has 0 fully saturated rings. The normalized spacial score (nSPS) is 11.5. The molecule has 0 aliphatic rings. The second-order valence-electron chi connectivity index (χ2n) is 15.8. The van der Waals surface area contributed by atoms with Crippen LogP contribution in [0.25, 0.3) is 48.9 Å². The van der Waals surface area contributed by atoms with Gasteiger partial charge in [-0.2, -0.15) is 0 Å². The molecule has 10 aromatic carbocycles. The smallest absolute Gasteiger partial charge is 0.0620 e. The van der Waals surface area contributed by atoms with Gasteiger partial charge in [0.15, 0.2) is 0 Å². The predicted octanol–water partition coefficient (Wildman–Crippen LogP) is 16.4. The van der Waals surface area contributed by atoms with Crippen molar-refractivity contribution in [1.29, 1.82) is 0 Å². The Morgan fingerprint density at radius 2 is 0.661 bits per heavy atom. The zero-order valence-corrected chi connectivity index (χ0v) is 33.9. The van der Waals surface area contributed by atoms with Crippen molar-refractivity contribution in [3.8, 4) is 0 Å². The number of benzene rings is 10. The SMILES string of the molecule is c1ccc(N(c2ccccc2)c2cc(N(c3ccccc3)c3ccccc3)cc(N(c3ccccc3)c3ccc4cccc5c4c3c3cccc4c6ccccc6n5c43)c2)cc1. The fourth-order valence-electron chi connectivity index (χ4n) is 9.64. The van der Waals surface area contributed by atoms with Gasteiger partial charge >= 0.3 is 0 Å². The van der Waals surface area contributed by atoms with E-state index in [4.69, 9.17) is 0 Å². The first-order valence-corrected chi connectivity index (χ1v) is 21.2. The lowest BCUT2D eigenvalue weighted by Crippen LogP contribution is -2.16. The number of anilines is 9. The van der Waals surface area contributed by atoms with E-state index in [2.05, 4.69) is 262 Å². The maximum Gasteiger partial charge on any atom is 0.0620 e. The van der Waals surface area contributed by atoms with Crippen LogP contribution in [0.5, 0.6) is 0 Å². The highest BCUT2D eigenvalue weighted by atomic mass is 15.2. The van der Waals surface area contributed by atoms with Crippen LogP contribution in [-0.4, -0.2) is 4.40 Å². The molecule has 2 aromatic heterocycles. The van der Waals surface area contributed by atoms with E-state index in [9.17, 15) is 0 Å². The molecule has 62 heavy (non-hydrogen) atoms. The molecule has 4 nitrogen and oxygen atoms in total. The molecule has 0 radical (unpaired) electrons. The molecule has 0 amide bonds. The van der Waals surface area contributed by atoms with Crippen LogP contribution in [-0.2, 0) is 0 Å². The Kier molecular flexibility index (Phi) is 8.46. The average Bonchev–Trinajstić information content (AvgIpc) is 3.68. The molecule has 4 heteroatoms. The maximum absolute atomic E-state index is 2.49. The van der Waals surface area contributed by atoms with Gasteiger partial charge < -0.3 is 19.1 Å². The standard InChI is InChI=1S/C58H40N4/c1-6-21-42(22-7-1)59(43-23-8-2-9-24-43)47-38-48(60(44-25-10-3-11-26-44)45-27-12-4-13-28-45)40-49(39-47)61(46-29-14-5-15-30-46)55-37-36-41-20-18-35-54-56(41)57(55)52-33-19-32-51-50-31-16-17-34-53(50)62(54)58(51)52/h1-40H. The second-order valence-corrected chi connectivity index (χ2v) is 15.8. The zero-order valence-electron chi connectivity index (χ0n) is 33.9. The first-order chi connectivity index (χ1) is 30.8. The van der Waals surface area contributed by atoms with Gasteiger partial charge in [0.05, 0.1) is 39.3 Å². The van der Waals surface area contributed by atoms with E-state index in [1.807, 2.05) is 0 Å². The molecule has 0 N–H and O–H groups in total. The molecule has 0 unspecified atom stereocenters. The highest BCUT2D eigenvalue weighted by Gasteiger charge is 2.26. The molecule has 0 aliphatic carbocycles. The summed E-state index contributed by atoms with van der Waals surface area (Å²) in [4.78, 5) is 7.20. The topological polar surface area (TPSA) is 14.1 Å². The van der Waals surface area contributed by atoms with Crippen LogP contribution in [0.15, 0.2) is 243 Å². The summed E-state index contributed by atoms with van der Waals surface area (Å²) >= 11 is 0. The van der Waals surface area contributed by atoms with Crippen molar-refractivity contribution in [1.82, 2.24) is 4.40 Å². The monoisotopic (exact) mass is 792 g/mol. The van der Waals surface area contributed by atoms with Gasteiger partial charge in [0.25, 0.3) is 0 Å². The van der Waals surface area contributed by atoms with Crippen LogP contribution in [0.4, 0.5) is 51.2 Å².